The summed E-state index contributed by atoms with van der Waals surface area (Å²) >= 11 is 0. The van der Waals surface area contributed by atoms with Crippen LogP contribution in [-0.4, -0.2) is 39.6 Å². The summed E-state index contributed by atoms with van der Waals surface area (Å²) in [7, 11) is -3.31. The van der Waals surface area contributed by atoms with E-state index in [1.54, 1.807) is 5.01 Å². The molecule has 0 radical (unpaired) electrons. The predicted octanol–water partition coefficient (Wildman–Crippen LogP) is -1.13. The van der Waals surface area contributed by atoms with Crippen molar-refractivity contribution >= 4 is 10.0 Å². The lowest BCUT2D eigenvalue weighted by molar-refractivity contribution is 0.212. The lowest BCUT2D eigenvalue weighted by atomic mass is 10.4. The van der Waals surface area contributed by atoms with E-state index in [4.69, 9.17) is 0 Å². The zero-order valence-corrected chi connectivity index (χ0v) is 7.60. The standard InChI is InChI=1S/C6H13N3O2S/c1-2-12(10,11)8-9-5-3-7-4-6-9/h2,7-8H,1,3-6H2. The van der Waals surface area contributed by atoms with Gasteiger partial charge in [0, 0.05) is 31.6 Å². The zero-order chi connectivity index (χ0) is 9.03. The van der Waals surface area contributed by atoms with Gasteiger partial charge in [0.1, 0.15) is 0 Å². The summed E-state index contributed by atoms with van der Waals surface area (Å²) in [4.78, 5) is 2.39. The van der Waals surface area contributed by atoms with Crippen LogP contribution in [0.15, 0.2) is 12.0 Å². The highest BCUT2D eigenvalue weighted by molar-refractivity contribution is 7.92. The number of sulfonamides is 1. The molecule has 0 bridgehead atoms. The van der Waals surface area contributed by atoms with Crippen LogP contribution in [-0.2, 0) is 10.0 Å². The molecular formula is C6H13N3O2S. The second-order valence-corrected chi connectivity index (χ2v) is 4.15. The average molecular weight is 191 g/mol. The van der Waals surface area contributed by atoms with E-state index in [1.807, 2.05) is 0 Å². The van der Waals surface area contributed by atoms with Gasteiger partial charge in [0.05, 0.1) is 0 Å². The molecule has 70 valence electrons. The van der Waals surface area contributed by atoms with Crippen molar-refractivity contribution < 1.29 is 8.42 Å². The van der Waals surface area contributed by atoms with Crippen molar-refractivity contribution in [2.24, 2.45) is 0 Å². The van der Waals surface area contributed by atoms with E-state index in [9.17, 15) is 8.42 Å². The number of hydrogen-bond donors (Lipinski definition) is 2. The monoisotopic (exact) mass is 191 g/mol. The van der Waals surface area contributed by atoms with Gasteiger partial charge in [-0.15, -0.1) is 4.83 Å². The van der Waals surface area contributed by atoms with Crippen molar-refractivity contribution in [2.45, 2.75) is 0 Å². The zero-order valence-electron chi connectivity index (χ0n) is 6.78. The largest absolute Gasteiger partial charge is 0.314 e. The topological polar surface area (TPSA) is 61.4 Å². The van der Waals surface area contributed by atoms with Crippen molar-refractivity contribution in [3.63, 3.8) is 0 Å². The molecule has 12 heavy (non-hydrogen) atoms. The van der Waals surface area contributed by atoms with Crippen LogP contribution >= 0.6 is 0 Å². The fourth-order valence-corrected chi connectivity index (χ4v) is 1.59. The normalized spacial score (nSPS) is 20.7. The Morgan fingerprint density at radius 2 is 2.00 bits per heavy atom. The van der Waals surface area contributed by atoms with Crippen LogP contribution in [0, 0.1) is 0 Å². The molecule has 1 heterocycles. The van der Waals surface area contributed by atoms with Crippen molar-refractivity contribution in [1.29, 1.82) is 0 Å². The molecule has 2 N–H and O–H groups in total. The van der Waals surface area contributed by atoms with E-state index in [0.29, 0.717) is 13.1 Å². The molecule has 0 spiro atoms. The second-order valence-electron chi connectivity index (χ2n) is 2.54. The van der Waals surface area contributed by atoms with Crippen LogP contribution < -0.4 is 10.1 Å². The first-order chi connectivity index (χ1) is 5.64. The quantitative estimate of drug-likeness (QED) is 0.592. The molecular weight excluding hydrogens is 178 g/mol. The minimum Gasteiger partial charge on any atom is -0.314 e. The molecule has 0 amide bonds. The minimum atomic E-state index is -3.31. The van der Waals surface area contributed by atoms with E-state index in [1.165, 1.54) is 0 Å². The van der Waals surface area contributed by atoms with Crippen LogP contribution in [0.1, 0.15) is 0 Å². The van der Waals surface area contributed by atoms with E-state index >= 15 is 0 Å². The Labute approximate surface area is 72.5 Å². The lowest BCUT2D eigenvalue weighted by Crippen LogP contribution is -2.51. The van der Waals surface area contributed by atoms with Gasteiger partial charge in [0.2, 0.25) is 10.0 Å². The van der Waals surface area contributed by atoms with Gasteiger partial charge >= 0.3 is 0 Å². The molecule has 0 aromatic rings. The summed E-state index contributed by atoms with van der Waals surface area (Å²) in [5.41, 5.74) is 0. The molecule has 1 fully saturated rings. The summed E-state index contributed by atoms with van der Waals surface area (Å²) < 4.78 is 22.0. The van der Waals surface area contributed by atoms with E-state index in [0.717, 1.165) is 18.5 Å². The maximum absolute atomic E-state index is 11.0. The lowest BCUT2D eigenvalue weighted by Gasteiger charge is -2.26. The smallest absolute Gasteiger partial charge is 0.246 e. The molecule has 0 aromatic carbocycles. The molecule has 1 rings (SSSR count). The highest BCUT2D eigenvalue weighted by Crippen LogP contribution is 1.91. The molecule has 6 heteroatoms. The molecule has 0 unspecified atom stereocenters. The van der Waals surface area contributed by atoms with Gasteiger partial charge in [-0.1, -0.05) is 6.58 Å². The van der Waals surface area contributed by atoms with Crippen LogP contribution in [0.4, 0.5) is 0 Å². The van der Waals surface area contributed by atoms with Crippen LogP contribution in [0.2, 0.25) is 0 Å². The average Bonchev–Trinajstić information content (AvgIpc) is 2.06. The van der Waals surface area contributed by atoms with Gasteiger partial charge in [-0.2, -0.15) is 0 Å². The molecule has 0 aliphatic carbocycles. The van der Waals surface area contributed by atoms with Crippen LogP contribution in [0.25, 0.3) is 0 Å². The Morgan fingerprint density at radius 3 is 2.50 bits per heavy atom. The number of rotatable bonds is 3. The van der Waals surface area contributed by atoms with Gasteiger partial charge in [-0.3, -0.25) is 0 Å². The first-order valence-corrected chi connectivity index (χ1v) is 5.29. The van der Waals surface area contributed by atoms with Gasteiger partial charge in [0.25, 0.3) is 0 Å². The molecule has 1 saturated heterocycles. The van der Waals surface area contributed by atoms with Crippen molar-refractivity contribution in [3.8, 4) is 0 Å². The van der Waals surface area contributed by atoms with Crippen molar-refractivity contribution in [3.05, 3.63) is 12.0 Å². The molecule has 1 aliphatic rings. The molecule has 1 aliphatic heterocycles. The van der Waals surface area contributed by atoms with E-state index < -0.39 is 10.0 Å². The maximum atomic E-state index is 11.0. The van der Waals surface area contributed by atoms with Gasteiger partial charge < -0.3 is 5.32 Å². The number of hydrazine groups is 1. The molecule has 0 aromatic heterocycles. The first kappa shape index (κ1) is 9.66. The molecule has 0 saturated carbocycles. The van der Waals surface area contributed by atoms with Gasteiger partial charge in [0.15, 0.2) is 0 Å². The summed E-state index contributed by atoms with van der Waals surface area (Å²) in [6.45, 7) is 6.19. The first-order valence-electron chi connectivity index (χ1n) is 3.74. The molecule has 5 nitrogen and oxygen atoms in total. The molecule has 0 atom stereocenters. The highest BCUT2D eigenvalue weighted by Gasteiger charge is 2.13. The Kier molecular flexibility index (Phi) is 3.21. The third-order valence-corrected chi connectivity index (χ3v) is 2.54. The van der Waals surface area contributed by atoms with Crippen LogP contribution in [0.3, 0.4) is 0 Å². The maximum Gasteiger partial charge on any atom is 0.246 e. The summed E-state index contributed by atoms with van der Waals surface area (Å²) in [6, 6.07) is 0. The number of hydrogen-bond acceptors (Lipinski definition) is 4. The fraction of sp³-hybridized carbons (Fsp3) is 0.667. The van der Waals surface area contributed by atoms with Gasteiger partial charge in [-0.25, -0.2) is 13.4 Å². The number of nitrogens with one attached hydrogen (secondary N) is 2. The SMILES string of the molecule is C=CS(=O)(=O)NN1CCNCC1. The minimum absolute atomic E-state index is 0.688. The number of nitrogens with zero attached hydrogens (tertiary/aromatic N) is 1. The summed E-state index contributed by atoms with van der Waals surface area (Å²) in [5, 5.41) is 5.69. The van der Waals surface area contributed by atoms with E-state index in [-0.39, 0.29) is 0 Å². The Morgan fingerprint density at radius 1 is 1.42 bits per heavy atom. The van der Waals surface area contributed by atoms with Crippen molar-refractivity contribution in [1.82, 2.24) is 15.2 Å². The summed E-state index contributed by atoms with van der Waals surface area (Å²) in [6.07, 6.45) is 0. The van der Waals surface area contributed by atoms with Gasteiger partial charge in [-0.05, 0) is 0 Å². The second kappa shape index (κ2) is 3.99. The van der Waals surface area contributed by atoms with Crippen LogP contribution in [0.5, 0.6) is 0 Å². The third-order valence-electron chi connectivity index (χ3n) is 1.59. The van der Waals surface area contributed by atoms with E-state index in [2.05, 4.69) is 16.7 Å². The number of piperazine rings is 1. The third kappa shape index (κ3) is 2.90. The highest BCUT2D eigenvalue weighted by atomic mass is 32.2. The Bertz CT molecular complexity index is 244. The predicted molar refractivity (Wildman–Crippen MR) is 46.7 cm³/mol. The summed E-state index contributed by atoms with van der Waals surface area (Å²) in [5.74, 6) is 0. The van der Waals surface area contributed by atoms with Crippen molar-refractivity contribution in [2.75, 3.05) is 26.2 Å². The Balaban J connectivity index is 2.44. The fourth-order valence-electron chi connectivity index (χ4n) is 0.973. The Hall–Kier alpha value is -0.430.